The summed E-state index contributed by atoms with van der Waals surface area (Å²) in [6.45, 7) is 0.229. The van der Waals surface area contributed by atoms with E-state index in [1.165, 1.54) is 30.9 Å². The van der Waals surface area contributed by atoms with Gasteiger partial charge in [0.1, 0.15) is 5.37 Å². The van der Waals surface area contributed by atoms with E-state index in [1.54, 1.807) is 18.2 Å². The van der Waals surface area contributed by atoms with Crippen molar-refractivity contribution in [3.05, 3.63) is 53.1 Å². The number of ether oxygens (including phenoxy) is 2. The minimum Gasteiger partial charge on any atom is -0.493 e. The molecule has 0 aromatic heterocycles. The van der Waals surface area contributed by atoms with Gasteiger partial charge in [0.15, 0.2) is 11.5 Å². The third-order valence-electron chi connectivity index (χ3n) is 4.69. The summed E-state index contributed by atoms with van der Waals surface area (Å²) >= 11 is 1.38. The van der Waals surface area contributed by atoms with E-state index in [4.69, 9.17) is 9.47 Å². The largest absolute Gasteiger partial charge is 0.493 e. The summed E-state index contributed by atoms with van der Waals surface area (Å²) in [6, 6.07) is 5.16. The minimum absolute atomic E-state index is 0.00523. The number of hydrogen-bond donors (Lipinski definition) is 1. The lowest BCUT2D eigenvalue weighted by molar-refractivity contribution is -0.143. The Kier molecular flexibility index (Phi) is 6.72. The molecule has 2 aromatic rings. The molecule has 0 radical (unpaired) electrons. The van der Waals surface area contributed by atoms with Crippen LogP contribution >= 0.6 is 11.8 Å². The number of carbonyl (C=O) groups excluding carboxylic acids is 1. The van der Waals surface area contributed by atoms with Gasteiger partial charge in [0.25, 0.3) is 0 Å². The van der Waals surface area contributed by atoms with Crippen molar-refractivity contribution in [1.82, 2.24) is 4.90 Å². The molecule has 174 valence electrons. The molecule has 1 atom stereocenters. The molecule has 0 bridgehead atoms. The van der Waals surface area contributed by atoms with Crippen LogP contribution in [0.4, 0.5) is 36.8 Å². The second-order valence-corrected chi connectivity index (χ2v) is 7.91. The first kappa shape index (κ1) is 23.9. The van der Waals surface area contributed by atoms with Crippen LogP contribution in [-0.4, -0.2) is 37.4 Å². The Labute approximate surface area is 183 Å². The number of rotatable bonds is 4. The van der Waals surface area contributed by atoms with E-state index < -0.39 is 40.6 Å². The molecule has 12 heteroatoms. The van der Waals surface area contributed by atoms with Crippen LogP contribution in [0, 0.1) is 0 Å². The summed E-state index contributed by atoms with van der Waals surface area (Å²) in [5, 5.41) is 1.60. The number of urea groups is 1. The van der Waals surface area contributed by atoms with Crippen molar-refractivity contribution in [3.63, 3.8) is 0 Å². The monoisotopic (exact) mass is 480 g/mol. The maximum Gasteiger partial charge on any atom is 0.416 e. The van der Waals surface area contributed by atoms with Crippen molar-refractivity contribution >= 4 is 23.5 Å². The molecule has 1 aliphatic heterocycles. The Morgan fingerprint density at radius 3 is 2.19 bits per heavy atom. The first-order chi connectivity index (χ1) is 15.0. The zero-order valence-corrected chi connectivity index (χ0v) is 17.6. The molecule has 32 heavy (non-hydrogen) atoms. The quantitative estimate of drug-likeness (QED) is 0.544. The van der Waals surface area contributed by atoms with Crippen LogP contribution in [0.5, 0.6) is 11.5 Å². The van der Waals surface area contributed by atoms with Crippen molar-refractivity contribution in [3.8, 4) is 11.5 Å². The Bertz CT molecular complexity index is 964. The number of halogens is 6. The molecule has 1 saturated heterocycles. The summed E-state index contributed by atoms with van der Waals surface area (Å²) in [5.41, 5.74) is -3.04. The zero-order chi connectivity index (χ0) is 23.7. The zero-order valence-electron chi connectivity index (χ0n) is 16.8. The van der Waals surface area contributed by atoms with Gasteiger partial charge in [-0.15, -0.1) is 11.8 Å². The standard InChI is InChI=1S/C20H18F6N2O3S/c1-30-15-5-3-4-14(16(15)31-2)17-28(6-7-32-17)18(29)27-13-9-11(19(21,22)23)8-12(10-13)20(24,25)26/h3-5,8-10,17H,6-7H2,1-2H3,(H,27,29). The third-order valence-corrected chi connectivity index (χ3v) is 5.93. The van der Waals surface area contributed by atoms with Gasteiger partial charge >= 0.3 is 18.4 Å². The fourth-order valence-electron chi connectivity index (χ4n) is 3.26. The number of alkyl halides is 6. The fraction of sp³-hybridized carbons (Fsp3) is 0.350. The first-order valence-electron chi connectivity index (χ1n) is 9.15. The number of methoxy groups -OCH3 is 2. The van der Waals surface area contributed by atoms with Crippen LogP contribution < -0.4 is 14.8 Å². The molecule has 1 unspecified atom stereocenters. The predicted octanol–water partition coefficient (Wildman–Crippen LogP) is 6.02. The number of carbonyl (C=O) groups is 1. The second-order valence-electron chi connectivity index (χ2n) is 6.72. The molecule has 1 fully saturated rings. The lowest BCUT2D eigenvalue weighted by Gasteiger charge is -2.26. The molecule has 0 aliphatic carbocycles. The lowest BCUT2D eigenvalue weighted by atomic mass is 10.1. The van der Waals surface area contributed by atoms with Crippen molar-refractivity contribution in [2.24, 2.45) is 0 Å². The van der Waals surface area contributed by atoms with Gasteiger partial charge < -0.3 is 19.7 Å². The molecule has 1 N–H and O–H groups in total. The summed E-state index contributed by atoms with van der Waals surface area (Å²) < 4.78 is 89.2. The van der Waals surface area contributed by atoms with E-state index in [1.807, 2.05) is 0 Å². The average Bonchev–Trinajstić information content (AvgIpc) is 3.21. The minimum atomic E-state index is -5.01. The van der Waals surface area contributed by atoms with E-state index >= 15 is 0 Å². The molecule has 2 amide bonds. The Hall–Kier alpha value is -2.76. The number of hydrogen-bond acceptors (Lipinski definition) is 4. The summed E-state index contributed by atoms with van der Waals surface area (Å²) in [6.07, 6.45) is -10.0. The molecule has 1 aliphatic rings. The summed E-state index contributed by atoms with van der Waals surface area (Å²) in [4.78, 5) is 14.2. The SMILES string of the molecule is COc1cccc(C2SCCN2C(=O)Nc2cc(C(F)(F)F)cc(C(F)(F)F)c2)c1OC. The highest BCUT2D eigenvalue weighted by Gasteiger charge is 2.38. The molecular weight excluding hydrogens is 462 g/mol. The second kappa shape index (κ2) is 9.00. The molecule has 3 rings (SSSR count). The molecular formula is C20H18F6N2O3S. The van der Waals surface area contributed by atoms with Crippen LogP contribution in [0.15, 0.2) is 36.4 Å². The van der Waals surface area contributed by atoms with Crippen LogP contribution in [-0.2, 0) is 12.4 Å². The van der Waals surface area contributed by atoms with Gasteiger partial charge in [-0.25, -0.2) is 4.79 Å². The van der Waals surface area contributed by atoms with Crippen LogP contribution in [0.1, 0.15) is 22.1 Å². The van der Waals surface area contributed by atoms with Gasteiger partial charge in [0, 0.05) is 23.5 Å². The number of anilines is 1. The Balaban J connectivity index is 1.92. The normalized spacial score (nSPS) is 16.8. The fourth-order valence-corrected chi connectivity index (χ4v) is 4.54. The Morgan fingerprint density at radius 1 is 1.03 bits per heavy atom. The number of nitrogens with zero attached hydrogens (tertiary/aromatic N) is 1. The van der Waals surface area contributed by atoms with Gasteiger partial charge in [-0.3, -0.25) is 0 Å². The first-order valence-corrected chi connectivity index (χ1v) is 10.2. The van der Waals surface area contributed by atoms with E-state index in [2.05, 4.69) is 5.32 Å². The Morgan fingerprint density at radius 2 is 1.66 bits per heavy atom. The topological polar surface area (TPSA) is 50.8 Å². The maximum atomic E-state index is 13.1. The van der Waals surface area contributed by atoms with Gasteiger partial charge in [0.2, 0.25) is 0 Å². The number of benzene rings is 2. The van der Waals surface area contributed by atoms with Gasteiger partial charge in [-0.05, 0) is 24.3 Å². The number of amides is 2. The average molecular weight is 480 g/mol. The number of thioether (sulfide) groups is 1. The molecule has 1 heterocycles. The van der Waals surface area contributed by atoms with Crippen LogP contribution in [0.25, 0.3) is 0 Å². The third kappa shape index (κ3) is 5.00. The van der Waals surface area contributed by atoms with E-state index in [0.717, 1.165) is 0 Å². The highest BCUT2D eigenvalue weighted by Crippen LogP contribution is 2.45. The highest BCUT2D eigenvalue weighted by molar-refractivity contribution is 7.99. The van der Waals surface area contributed by atoms with Gasteiger partial charge in [-0.1, -0.05) is 12.1 Å². The van der Waals surface area contributed by atoms with E-state index in [-0.39, 0.29) is 12.6 Å². The van der Waals surface area contributed by atoms with Crippen molar-refractivity contribution < 1.29 is 40.6 Å². The van der Waals surface area contributed by atoms with Crippen molar-refractivity contribution in [2.45, 2.75) is 17.7 Å². The van der Waals surface area contributed by atoms with Crippen molar-refractivity contribution in [1.29, 1.82) is 0 Å². The predicted molar refractivity (Wildman–Crippen MR) is 107 cm³/mol. The smallest absolute Gasteiger partial charge is 0.416 e. The van der Waals surface area contributed by atoms with E-state index in [9.17, 15) is 31.1 Å². The summed E-state index contributed by atoms with van der Waals surface area (Å²) in [5.74, 6) is 1.31. The summed E-state index contributed by atoms with van der Waals surface area (Å²) in [7, 11) is 2.87. The number of para-hydroxylation sites is 1. The van der Waals surface area contributed by atoms with Crippen molar-refractivity contribution in [2.75, 3.05) is 31.8 Å². The molecule has 5 nitrogen and oxygen atoms in total. The van der Waals surface area contributed by atoms with Crippen LogP contribution in [0.3, 0.4) is 0 Å². The maximum absolute atomic E-state index is 13.1. The highest BCUT2D eigenvalue weighted by atomic mass is 32.2. The number of nitrogens with one attached hydrogen (secondary N) is 1. The molecule has 0 spiro atoms. The molecule has 0 saturated carbocycles. The lowest BCUT2D eigenvalue weighted by Crippen LogP contribution is -2.34. The van der Waals surface area contributed by atoms with Gasteiger partial charge in [-0.2, -0.15) is 26.3 Å². The van der Waals surface area contributed by atoms with Gasteiger partial charge in [0.05, 0.1) is 25.3 Å². The molecule has 2 aromatic carbocycles. The van der Waals surface area contributed by atoms with E-state index in [0.29, 0.717) is 34.9 Å². The van der Waals surface area contributed by atoms with Crippen LogP contribution in [0.2, 0.25) is 0 Å².